The van der Waals surface area contributed by atoms with E-state index in [1.54, 1.807) is 0 Å². The molecule has 9 aromatic rings. The zero-order valence-corrected chi connectivity index (χ0v) is 29.3. The number of nitrogens with zero attached hydrogens (tertiary/aromatic N) is 1. The molecule has 0 amide bonds. The summed E-state index contributed by atoms with van der Waals surface area (Å²) < 4.78 is 0. The van der Waals surface area contributed by atoms with E-state index in [0.717, 1.165) is 28.2 Å². The molecular weight excluding hydrogens is 639 g/mol. The summed E-state index contributed by atoms with van der Waals surface area (Å²) in [5.41, 5.74) is 15.2. The Morgan fingerprint density at radius 3 is 1.40 bits per heavy atom. The van der Waals surface area contributed by atoms with Crippen LogP contribution >= 0.6 is 0 Å². The SMILES string of the molecule is c1ccc(-c2ccc(-c3ccccc3N(c3cccc(-c4ccccc4)c3)c3ccccc3-c3cccc(-c4cccc5ccccc45)c3)cc2)cc1. The molecule has 0 spiro atoms. The third kappa shape index (κ3) is 6.42. The molecule has 0 radical (unpaired) electrons. The molecule has 0 N–H and O–H groups in total. The molecule has 0 aliphatic heterocycles. The molecule has 0 atom stereocenters. The van der Waals surface area contributed by atoms with Gasteiger partial charge in [-0.2, -0.15) is 0 Å². The highest BCUT2D eigenvalue weighted by Gasteiger charge is 2.21. The summed E-state index contributed by atoms with van der Waals surface area (Å²) in [4.78, 5) is 2.44. The van der Waals surface area contributed by atoms with E-state index in [9.17, 15) is 0 Å². The molecular formula is C52H37N. The van der Waals surface area contributed by atoms with Gasteiger partial charge in [-0.25, -0.2) is 0 Å². The first-order valence-corrected chi connectivity index (χ1v) is 18.2. The molecule has 53 heavy (non-hydrogen) atoms. The lowest BCUT2D eigenvalue weighted by atomic mass is 9.94. The van der Waals surface area contributed by atoms with E-state index >= 15 is 0 Å². The number of anilines is 3. The largest absolute Gasteiger partial charge is 0.309 e. The van der Waals surface area contributed by atoms with Gasteiger partial charge in [-0.15, -0.1) is 0 Å². The van der Waals surface area contributed by atoms with E-state index in [4.69, 9.17) is 0 Å². The van der Waals surface area contributed by atoms with Crippen molar-refractivity contribution in [2.24, 2.45) is 0 Å². The Morgan fingerprint density at radius 2 is 0.679 bits per heavy atom. The van der Waals surface area contributed by atoms with Crippen molar-refractivity contribution in [2.75, 3.05) is 4.90 Å². The Bertz CT molecular complexity index is 2650. The van der Waals surface area contributed by atoms with Gasteiger partial charge in [0.05, 0.1) is 11.4 Å². The molecule has 1 heteroatoms. The summed E-state index contributed by atoms with van der Waals surface area (Å²) in [6.45, 7) is 0. The fraction of sp³-hybridized carbons (Fsp3) is 0. The highest BCUT2D eigenvalue weighted by molar-refractivity contribution is 5.99. The highest BCUT2D eigenvalue weighted by atomic mass is 15.1. The molecule has 250 valence electrons. The molecule has 1 nitrogen and oxygen atoms in total. The van der Waals surface area contributed by atoms with Gasteiger partial charge in [-0.3, -0.25) is 0 Å². The predicted octanol–water partition coefficient (Wildman–Crippen LogP) is 14.6. The third-order valence-corrected chi connectivity index (χ3v) is 10.1. The molecule has 0 aliphatic rings. The van der Waals surface area contributed by atoms with Crippen LogP contribution in [-0.2, 0) is 0 Å². The van der Waals surface area contributed by atoms with Gasteiger partial charge in [0.2, 0.25) is 0 Å². The average molecular weight is 676 g/mol. The van der Waals surface area contributed by atoms with Crippen LogP contribution in [0.2, 0.25) is 0 Å². The first kappa shape index (κ1) is 32.0. The van der Waals surface area contributed by atoms with Crippen molar-refractivity contribution in [1.29, 1.82) is 0 Å². The van der Waals surface area contributed by atoms with Crippen LogP contribution in [0.1, 0.15) is 0 Å². The minimum Gasteiger partial charge on any atom is -0.309 e. The minimum absolute atomic E-state index is 1.09. The Balaban J connectivity index is 1.22. The summed E-state index contributed by atoms with van der Waals surface area (Å²) in [6.07, 6.45) is 0. The Kier molecular flexibility index (Phi) is 8.66. The highest BCUT2D eigenvalue weighted by Crippen LogP contribution is 2.46. The quantitative estimate of drug-likeness (QED) is 0.155. The fourth-order valence-electron chi connectivity index (χ4n) is 7.49. The molecule has 0 aliphatic carbocycles. The van der Waals surface area contributed by atoms with Gasteiger partial charge >= 0.3 is 0 Å². The van der Waals surface area contributed by atoms with E-state index in [-0.39, 0.29) is 0 Å². The Labute approximate surface area is 311 Å². The molecule has 0 aromatic heterocycles. The number of hydrogen-bond donors (Lipinski definition) is 0. The van der Waals surface area contributed by atoms with E-state index < -0.39 is 0 Å². The molecule has 0 saturated carbocycles. The summed E-state index contributed by atoms with van der Waals surface area (Å²) in [5, 5.41) is 2.50. The van der Waals surface area contributed by atoms with Crippen LogP contribution in [0, 0.1) is 0 Å². The third-order valence-electron chi connectivity index (χ3n) is 10.1. The lowest BCUT2D eigenvalue weighted by molar-refractivity contribution is 1.28. The van der Waals surface area contributed by atoms with Crippen molar-refractivity contribution in [3.63, 3.8) is 0 Å². The van der Waals surface area contributed by atoms with Gasteiger partial charge in [-0.1, -0.05) is 194 Å². The summed E-state index contributed by atoms with van der Waals surface area (Å²) in [7, 11) is 0. The van der Waals surface area contributed by atoms with E-state index in [0.29, 0.717) is 0 Å². The molecule has 0 bridgehead atoms. The van der Waals surface area contributed by atoms with E-state index in [2.05, 4.69) is 229 Å². The summed E-state index contributed by atoms with van der Waals surface area (Å²) in [6, 6.07) is 80.9. The van der Waals surface area contributed by atoms with Crippen molar-refractivity contribution in [3.8, 4) is 55.6 Å². The Morgan fingerprint density at radius 1 is 0.245 bits per heavy atom. The van der Waals surface area contributed by atoms with Crippen LogP contribution in [0.5, 0.6) is 0 Å². The fourth-order valence-corrected chi connectivity index (χ4v) is 7.49. The Hall–Kier alpha value is -6.96. The lowest BCUT2D eigenvalue weighted by Crippen LogP contribution is -2.12. The second kappa shape index (κ2) is 14.3. The van der Waals surface area contributed by atoms with Gasteiger partial charge in [0, 0.05) is 16.8 Å². The van der Waals surface area contributed by atoms with Gasteiger partial charge in [-0.05, 0) is 85.6 Å². The maximum atomic E-state index is 2.44. The minimum atomic E-state index is 1.09. The molecule has 9 rings (SSSR count). The van der Waals surface area contributed by atoms with Crippen molar-refractivity contribution < 1.29 is 0 Å². The smallest absolute Gasteiger partial charge is 0.0540 e. The molecule has 0 fully saturated rings. The lowest BCUT2D eigenvalue weighted by Gasteiger charge is -2.30. The summed E-state index contributed by atoms with van der Waals surface area (Å²) in [5.74, 6) is 0. The number of benzene rings is 9. The molecule has 9 aromatic carbocycles. The second-order valence-corrected chi connectivity index (χ2v) is 13.3. The predicted molar refractivity (Wildman–Crippen MR) is 226 cm³/mol. The van der Waals surface area contributed by atoms with Crippen molar-refractivity contribution in [3.05, 3.63) is 224 Å². The van der Waals surface area contributed by atoms with Crippen LogP contribution in [0.25, 0.3) is 66.4 Å². The zero-order chi connectivity index (χ0) is 35.4. The maximum absolute atomic E-state index is 2.44. The number of rotatable bonds is 8. The topological polar surface area (TPSA) is 3.24 Å². The van der Waals surface area contributed by atoms with Crippen LogP contribution in [0.15, 0.2) is 224 Å². The van der Waals surface area contributed by atoms with Gasteiger partial charge in [0.15, 0.2) is 0 Å². The maximum Gasteiger partial charge on any atom is 0.0540 e. The van der Waals surface area contributed by atoms with Crippen LogP contribution < -0.4 is 4.90 Å². The molecule has 0 heterocycles. The van der Waals surface area contributed by atoms with Crippen molar-refractivity contribution >= 4 is 27.8 Å². The second-order valence-electron chi connectivity index (χ2n) is 13.3. The monoisotopic (exact) mass is 675 g/mol. The number of hydrogen-bond acceptors (Lipinski definition) is 1. The molecule has 0 unspecified atom stereocenters. The van der Waals surface area contributed by atoms with E-state index in [1.807, 2.05) is 0 Å². The van der Waals surface area contributed by atoms with Gasteiger partial charge < -0.3 is 4.90 Å². The average Bonchev–Trinajstić information content (AvgIpc) is 3.25. The van der Waals surface area contributed by atoms with Crippen LogP contribution in [-0.4, -0.2) is 0 Å². The number of para-hydroxylation sites is 2. The normalized spacial score (nSPS) is 11.0. The summed E-state index contributed by atoms with van der Waals surface area (Å²) >= 11 is 0. The van der Waals surface area contributed by atoms with Crippen molar-refractivity contribution in [1.82, 2.24) is 0 Å². The van der Waals surface area contributed by atoms with Gasteiger partial charge in [0.1, 0.15) is 0 Å². The van der Waals surface area contributed by atoms with E-state index in [1.165, 1.54) is 55.3 Å². The standard InChI is InChI=1S/C52H37N/c1-3-16-38(17-4-1)40-32-34-42(35-33-40)49-27-9-11-30-51(49)53(46-25-14-22-43(37-46)39-18-5-2-6-19-39)52-31-12-10-28-50(52)45-24-13-23-44(36-45)48-29-15-21-41-20-7-8-26-47(41)48/h1-37H. The van der Waals surface area contributed by atoms with Gasteiger partial charge in [0.25, 0.3) is 0 Å². The van der Waals surface area contributed by atoms with Crippen molar-refractivity contribution in [2.45, 2.75) is 0 Å². The first-order valence-electron chi connectivity index (χ1n) is 18.2. The zero-order valence-electron chi connectivity index (χ0n) is 29.3. The number of fused-ring (bicyclic) bond motifs is 1. The van der Waals surface area contributed by atoms with Crippen LogP contribution in [0.4, 0.5) is 17.1 Å². The molecule has 0 saturated heterocycles. The van der Waals surface area contributed by atoms with Crippen LogP contribution in [0.3, 0.4) is 0 Å². The first-order chi connectivity index (χ1) is 26.3.